The van der Waals surface area contributed by atoms with Gasteiger partial charge in [-0.3, -0.25) is 5.32 Å². The quantitative estimate of drug-likeness (QED) is 0.436. The summed E-state index contributed by atoms with van der Waals surface area (Å²) in [4.78, 5) is 0. The molecule has 2 saturated heterocycles. The summed E-state index contributed by atoms with van der Waals surface area (Å²) in [5.41, 5.74) is 1.95. The summed E-state index contributed by atoms with van der Waals surface area (Å²) in [7, 11) is -3.47. The van der Waals surface area contributed by atoms with Gasteiger partial charge in [0.2, 0.25) is 0 Å². The Balaban J connectivity index is 1.44. The standard InChI is InChI=1S/C29H33NO6S/c1-37(31,32)28-29(21-30-28)27(35-19-24-15-9-4-10-16-24)26(34-18-23-13-7-3-8-14-23)25(20-36-29)33-17-22-11-5-2-6-12-22/h2-16,25-28,30H,17-21H2,1H3/t25-,26-,27+,28?,29?/m1/s1. The van der Waals surface area contributed by atoms with Crippen molar-refractivity contribution in [1.29, 1.82) is 0 Å². The first-order valence-corrected chi connectivity index (χ1v) is 14.4. The predicted molar refractivity (Wildman–Crippen MR) is 140 cm³/mol. The predicted octanol–water partition coefficient (Wildman–Crippen LogP) is 3.49. The van der Waals surface area contributed by atoms with Gasteiger partial charge >= 0.3 is 0 Å². The average molecular weight is 524 g/mol. The number of hydrogen-bond acceptors (Lipinski definition) is 7. The molecule has 2 aliphatic rings. The van der Waals surface area contributed by atoms with E-state index >= 15 is 0 Å². The summed E-state index contributed by atoms with van der Waals surface area (Å²) in [6, 6.07) is 29.6. The van der Waals surface area contributed by atoms with E-state index in [1.807, 2.05) is 91.0 Å². The minimum Gasteiger partial charge on any atom is -0.368 e. The van der Waals surface area contributed by atoms with Crippen molar-refractivity contribution in [3.05, 3.63) is 108 Å². The molecule has 2 heterocycles. The van der Waals surface area contributed by atoms with E-state index in [4.69, 9.17) is 18.9 Å². The smallest absolute Gasteiger partial charge is 0.166 e. The van der Waals surface area contributed by atoms with Crippen LogP contribution in [-0.2, 0) is 48.6 Å². The number of sulfone groups is 1. The first-order chi connectivity index (χ1) is 18.0. The maximum atomic E-state index is 12.7. The van der Waals surface area contributed by atoms with Crippen LogP contribution in [0.5, 0.6) is 0 Å². The van der Waals surface area contributed by atoms with Gasteiger partial charge in [-0.1, -0.05) is 91.0 Å². The molecule has 0 saturated carbocycles. The SMILES string of the molecule is CS(=O)(=O)C1NCC12OC[C@@H](OCc1ccccc1)[C@@H](OCc1ccccc1)[C@@H]2OCc1ccccc1. The van der Waals surface area contributed by atoms with Gasteiger partial charge in [-0.25, -0.2) is 8.42 Å². The number of nitrogens with one attached hydrogen (secondary N) is 1. The molecule has 1 N–H and O–H groups in total. The van der Waals surface area contributed by atoms with Crippen LogP contribution < -0.4 is 5.32 Å². The Hall–Kier alpha value is -2.59. The molecule has 7 nitrogen and oxygen atoms in total. The molecule has 2 unspecified atom stereocenters. The van der Waals surface area contributed by atoms with Crippen LogP contribution in [0, 0.1) is 0 Å². The largest absolute Gasteiger partial charge is 0.368 e. The highest BCUT2D eigenvalue weighted by Gasteiger charge is 2.64. The normalized spacial score (nSPS) is 27.6. The molecule has 5 rings (SSSR count). The Labute approximate surface area is 218 Å². The Morgan fingerprint density at radius 2 is 1.27 bits per heavy atom. The molecule has 2 fully saturated rings. The van der Waals surface area contributed by atoms with Crippen LogP contribution in [0.15, 0.2) is 91.0 Å². The average Bonchev–Trinajstić information content (AvgIpc) is 2.90. The Kier molecular flexibility index (Phi) is 8.04. The lowest BCUT2D eigenvalue weighted by atomic mass is 9.81. The minimum atomic E-state index is -3.47. The van der Waals surface area contributed by atoms with Gasteiger partial charge in [0.15, 0.2) is 9.84 Å². The molecule has 0 bridgehead atoms. The Morgan fingerprint density at radius 1 is 0.784 bits per heavy atom. The summed E-state index contributed by atoms with van der Waals surface area (Å²) in [5.74, 6) is 0. The maximum absolute atomic E-state index is 12.7. The Morgan fingerprint density at radius 3 is 1.73 bits per heavy atom. The lowest BCUT2D eigenvalue weighted by Crippen LogP contribution is -2.81. The van der Waals surface area contributed by atoms with Crippen LogP contribution in [0.2, 0.25) is 0 Å². The van der Waals surface area contributed by atoms with Gasteiger partial charge in [-0.15, -0.1) is 0 Å². The van der Waals surface area contributed by atoms with Gasteiger partial charge in [-0.05, 0) is 16.7 Å². The maximum Gasteiger partial charge on any atom is 0.166 e. The molecule has 5 atom stereocenters. The molecule has 0 radical (unpaired) electrons. The second-order valence-corrected chi connectivity index (χ2v) is 11.8. The van der Waals surface area contributed by atoms with Gasteiger partial charge in [-0.2, -0.15) is 0 Å². The molecule has 37 heavy (non-hydrogen) atoms. The summed E-state index contributed by atoms with van der Waals surface area (Å²) in [5, 5.41) is 2.16. The van der Waals surface area contributed by atoms with E-state index in [1.165, 1.54) is 6.26 Å². The summed E-state index contributed by atoms with van der Waals surface area (Å²) >= 11 is 0. The third-order valence-corrected chi connectivity index (χ3v) is 8.38. The highest BCUT2D eigenvalue weighted by Crippen LogP contribution is 2.41. The molecule has 3 aromatic rings. The van der Waals surface area contributed by atoms with Gasteiger partial charge < -0.3 is 18.9 Å². The fourth-order valence-corrected chi connectivity index (χ4v) is 6.44. The molecule has 2 aliphatic heterocycles. The van der Waals surface area contributed by atoms with E-state index in [-0.39, 0.29) is 6.61 Å². The second-order valence-electron chi connectivity index (χ2n) is 9.67. The molecule has 196 valence electrons. The second kappa shape index (κ2) is 11.4. The van der Waals surface area contributed by atoms with Crippen molar-refractivity contribution in [1.82, 2.24) is 5.32 Å². The van der Waals surface area contributed by atoms with Crippen LogP contribution >= 0.6 is 0 Å². The van der Waals surface area contributed by atoms with E-state index in [9.17, 15) is 8.42 Å². The highest BCUT2D eigenvalue weighted by atomic mass is 32.2. The number of ether oxygens (including phenoxy) is 4. The van der Waals surface area contributed by atoms with E-state index in [2.05, 4.69) is 5.32 Å². The number of rotatable bonds is 10. The monoisotopic (exact) mass is 523 g/mol. The first kappa shape index (κ1) is 26.0. The van der Waals surface area contributed by atoms with Gasteiger partial charge in [0, 0.05) is 12.8 Å². The van der Waals surface area contributed by atoms with E-state index in [0.717, 1.165) is 16.7 Å². The van der Waals surface area contributed by atoms with Crippen LogP contribution in [0.25, 0.3) is 0 Å². The topological polar surface area (TPSA) is 83.1 Å². The molecule has 0 aliphatic carbocycles. The van der Waals surface area contributed by atoms with Crippen LogP contribution in [0.3, 0.4) is 0 Å². The van der Waals surface area contributed by atoms with Crippen molar-refractivity contribution in [3.63, 3.8) is 0 Å². The minimum absolute atomic E-state index is 0.200. The van der Waals surface area contributed by atoms with Crippen molar-refractivity contribution in [2.75, 3.05) is 19.4 Å². The summed E-state index contributed by atoms with van der Waals surface area (Å²) < 4.78 is 51.1. The molecule has 8 heteroatoms. The highest BCUT2D eigenvalue weighted by molar-refractivity contribution is 7.91. The lowest BCUT2D eigenvalue weighted by Gasteiger charge is -2.57. The fraction of sp³-hybridized carbons (Fsp3) is 0.379. The van der Waals surface area contributed by atoms with Crippen LogP contribution in [0.4, 0.5) is 0 Å². The van der Waals surface area contributed by atoms with E-state index < -0.39 is 39.1 Å². The lowest BCUT2D eigenvalue weighted by molar-refractivity contribution is -0.291. The Bertz CT molecular complexity index is 1240. The van der Waals surface area contributed by atoms with Crippen molar-refractivity contribution in [2.24, 2.45) is 0 Å². The van der Waals surface area contributed by atoms with E-state index in [1.54, 1.807) is 0 Å². The summed E-state index contributed by atoms with van der Waals surface area (Å²) in [6.07, 6.45) is -0.447. The fourth-order valence-electron chi connectivity index (χ4n) is 5.04. The van der Waals surface area contributed by atoms with Crippen LogP contribution in [0.1, 0.15) is 16.7 Å². The zero-order valence-electron chi connectivity index (χ0n) is 20.9. The molecular formula is C29H33NO6S. The zero-order valence-corrected chi connectivity index (χ0v) is 21.7. The van der Waals surface area contributed by atoms with Crippen LogP contribution in [-0.4, -0.2) is 57.1 Å². The van der Waals surface area contributed by atoms with Crippen molar-refractivity contribution < 1.29 is 27.4 Å². The van der Waals surface area contributed by atoms with Crippen molar-refractivity contribution in [2.45, 2.75) is 49.1 Å². The third kappa shape index (κ3) is 5.95. The molecule has 1 spiro atoms. The first-order valence-electron chi connectivity index (χ1n) is 12.5. The van der Waals surface area contributed by atoms with E-state index in [0.29, 0.717) is 26.4 Å². The van der Waals surface area contributed by atoms with Gasteiger partial charge in [0.25, 0.3) is 0 Å². The zero-order chi connectivity index (χ0) is 25.7. The van der Waals surface area contributed by atoms with Crippen molar-refractivity contribution >= 4 is 9.84 Å². The number of hydrogen-bond donors (Lipinski definition) is 1. The molecule has 0 amide bonds. The van der Waals surface area contributed by atoms with Crippen molar-refractivity contribution in [3.8, 4) is 0 Å². The molecule has 3 aromatic carbocycles. The third-order valence-electron chi connectivity index (χ3n) is 6.96. The number of benzene rings is 3. The van der Waals surface area contributed by atoms with Gasteiger partial charge in [0.05, 0.1) is 26.4 Å². The molecule has 0 aromatic heterocycles. The summed E-state index contributed by atoms with van der Waals surface area (Å²) in [6.45, 7) is 1.57. The molecular weight excluding hydrogens is 490 g/mol. The van der Waals surface area contributed by atoms with Gasteiger partial charge in [0.1, 0.15) is 29.3 Å².